The first kappa shape index (κ1) is 14.1. The van der Waals surface area contributed by atoms with Crippen LogP contribution in [0, 0.1) is 0 Å². The molecule has 3 N–H and O–H groups in total. The van der Waals surface area contributed by atoms with Crippen LogP contribution in [0.2, 0.25) is 0 Å². The second-order valence-corrected chi connectivity index (χ2v) is 3.57. The zero-order chi connectivity index (χ0) is 13.5. The first-order chi connectivity index (χ1) is 8.62. The molecule has 0 aliphatic heterocycles. The monoisotopic (exact) mass is 251 g/mol. The molecule has 2 amide bonds. The van der Waals surface area contributed by atoms with Crippen molar-refractivity contribution in [3.63, 3.8) is 0 Å². The third-order valence-electron chi connectivity index (χ3n) is 2.35. The Kier molecular flexibility index (Phi) is 5.29. The SMILES string of the molecule is CNOCc1cc(C(=O)NC)cc(C(=O)NC)c1. The Morgan fingerprint density at radius 3 is 1.89 bits per heavy atom. The lowest BCUT2D eigenvalue weighted by atomic mass is 10.0. The third-order valence-corrected chi connectivity index (χ3v) is 2.35. The number of hydroxylamine groups is 1. The van der Waals surface area contributed by atoms with Gasteiger partial charge in [-0.2, -0.15) is 0 Å². The van der Waals surface area contributed by atoms with E-state index in [-0.39, 0.29) is 18.4 Å². The number of benzene rings is 1. The van der Waals surface area contributed by atoms with Crippen LogP contribution in [0.5, 0.6) is 0 Å². The Morgan fingerprint density at radius 2 is 1.50 bits per heavy atom. The number of hydrogen-bond acceptors (Lipinski definition) is 4. The van der Waals surface area contributed by atoms with Gasteiger partial charge in [0.1, 0.15) is 0 Å². The molecule has 0 saturated carbocycles. The molecule has 0 saturated heterocycles. The number of carbonyl (C=O) groups is 2. The highest BCUT2D eigenvalue weighted by Crippen LogP contribution is 2.11. The molecule has 18 heavy (non-hydrogen) atoms. The molecule has 0 bridgehead atoms. The van der Waals surface area contributed by atoms with Crippen molar-refractivity contribution in [1.29, 1.82) is 0 Å². The first-order valence-corrected chi connectivity index (χ1v) is 5.49. The van der Waals surface area contributed by atoms with Crippen LogP contribution >= 0.6 is 0 Å². The smallest absolute Gasteiger partial charge is 0.251 e. The minimum absolute atomic E-state index is 0.244. The lowest BCUT2D eigenvalue weighted by molar-refractivity contribution is 0.0444. The normalized spacial score (nSPS) is 9.94. The summed E-state index contributed by atoms with van der Waals surface area (Å²) in [6.07, 6.45) is 0. The molecule has 0 aliphatic carbocycles. The van der Waals surface area contributed by atoms with E-state index in [1.165, 1.54) is 0 Å². The van der Waals surface area contributed by atoms with Crippen LogP contribution in [0.1, 0.15) is 26.3 Å². The summed E-state index contributed by atoms with van der Waals surface area (Å²) in [4.78, 5) is 28.2. The van der Waals surface area contributed by atoms with Gasteiger partial charge < -0.3 is 10.6 Å². The minimum Gasteiger partial charge on any atom is -0.355 e. The van der Waals surface area contributed by atoms with E-state index < -0.39 is 0 Å². The molecule has 1 aromatic rings. The zero-order valence-corrected chi connectivity index (χ0v) is 10.7. The second kappa shape index (κ2) is 6.73. The van der Waals surface area contributed by atoms with Crippen LogP contribution in [-0.2, 0) is 11.4 Å². The maximum absolute atomic E-state index is 11.6. The summed E-state index contributed by atoms with van der Waals surface area (Å²) in [6, 6.07) is 4.91. The van der Waals surface area contributed by atoms with Crippen LogP contribution < -0.4 is 16.1 Å². The summed E-state index contributed by atoms with van der Waals surface area (Å²) in [5.74, 6) is -0.488. The molecule has 0 spiro atoms. The highest BCUT2D eigenvalue weighted by atomic mass is 16.6. The third kappa shape index (κ3) is 3.54. The van der Waals surface area contributed by atoms with Crippen molar-refractivity contribution in [2.45, 2.75) is 6.61 Å². The molecule has 0 unspecified atom stereocenters. The van der Waals surface area contributed by atoms with Crippen molar-refractivity contribution in [3.8, 4) is 0 Å². The Labute approximate surface area is 106 Å². The van der Waals surface area contributed by atoms with Crippen LogP contribution in [0.3, 0.4) is 0 Å². The van der Waals surface area contributed by atoms with E-state index in [9.17, 15) is 9.59 Å². The Balaban J connectivity index is 3.11. The van der Waals surface area contributed by atoms with Gasteiger partial charge in [0.15, 0.2) is 0 Å². The molecule has 1 rings (SSSR count). The molecule has 0 aliphatic rings. The van der Waals surface area contributed by atoms with Gasteiger partial charge in [0.25, 0.3) is 11.8 Å². The summed E-state index contributed by atoms with van der Waals surface area (Å²) in [6.45, 7) is 0.269. The van der Waals surface area contributed by atoms with Gasteiger partial charge in [-0.3, -0.25) is 14.4 Å². The lowest BCUT2D eigenvalue weighted by Gasteiger charge is -2.08. The Morgan fingerprint density at radius 1 is 1.00 bits per heavy atom. The number of nitrogens with one attached hydrogen (secondary N) is 3. The molecule has 6 nitrogen and oxygen atoms in total. The average Bonchev–Trinajstić information content (AvgIpc) is 2.42. The summed E-state index contributed by atoms with van der Waals surface area (Å²) < 4.78 is 0. The maximum Gasteiger partial charge on any atom is 0.251 e. The summed E-state index contributed by atoms with van der Waals surface area (Å²) >= 11 is 0. The molecule has 1 aromatic carbocycles. The number of hydrogen-bond donors (Lipinski definition) is 3. The first-order valence-electron chi connectivity index (χ1n) is 5.49. The van der Waals surface area contributed by atoms with Crippen molar-refractivity contribution >= 4 is 11.8 Å². The quantitative estimate of drug-likeness (QED) is 0.646. The van der Waals surface area contributed by atoms with Gasteiger partial charge in [0, 0.05) is 32.3 Å². The fourth-order valence-electron chi connectivity index (χ4n) is 1.48. The van der Waals surface area contributed by atoms with Crippen LogP contribution in [0.4, 0.5) is 0 Å². The fourth-order valence-corrected chi connectivity index (χ4v) is 1.48. The van der Waals surface area contributed by atoms with E-state index in [0.717, 1.165) is 5.56 Å². The zero-order valence-electron chi connectivity index (χ0n) is 10.7. The summed E-state index contributed by atoms with van der Waals surface area (Å²) in [5.41, 5.74) is 4.13. The van der Waals surface area contributed by atoms with E-state index in [1.807, 2.05) is 0 Å². The molecule has 0 radical (unpaired) electrons. The van der Waals surface area contributed by atoms with Gasteiger partial charge in [0.05, 0.1) is 6.61 Å². The van der Waals surface area contributed by atoms with Crippen molar-refractivity contribution in [2.24, 2.45) is 0 Å². The van der Waals surface area contributed by atoms with E-state index in [1.54, 1.807) is 39.3 Å². The van der Waals surface area contributed by atoms with Gasteiger partial charge >= 0.3 is 0 Å². The molecule has 0 fully saturated rings. The van der Waals surface area contributed by atoms with Gasteiger partial charge in [-0.05, 0) is 23.8 Å². The van der Waals surface area contributed by atoms with Crippen molar-refractivity contribution in [1.82, 2.24) is 16.1 Å². The van der Waals surface area contributed by atoms with Crippen molar-refractivity contribution in [3.05, 3.63) is 34.9 Å². The number of amides is 2. The largest absolute Gasteiger partial charge is 0.355 e. The minimum atomic E-state index is -0.244. The average molecular weight is 251 g/mol. The van der Waals surface area contributed by atoms with Crippen LogP contribution in [0.25, 0.3) is 0 Å². The highest BCUT2D eigenvalue weighted by molar-refractivity contribution is 5.99. The van der Waals surface area contributed by atoms with Gasteiger partial charge in [-0.25, -0.2) is 5.48 Å². The van der Waals surface area contributed by atoms with Crippen molar-refractivity contribution < 1.29 is 14.4 Å². The number of carbonyl (C=O) groups excluding carboxylic acids is 2. The molecule has 6 heteroatoms. The molecule has 98 valence electrons. The van der Waals surface area contributed by atoms with E-state index in [4.69, 9.17) is 4.84 Å². The topological polar surface area (TPSA) is 79.5 Å². The number of rotatable bonds is 5. The summed E-state index contributed by atoms with van der Waals surface area (Å²) in [7, 11) is 4.72. The van der Waals surface area contributed by atoms with Gasteiger partial charge in [-0.1, -0.05) is 0 Å². The second-order valence-electron chi connectivity index (χ2n) is 3.57. The Bertz CT molecular complexity index is 412. The lowest BCUT2D eigenvalue weighted by Crippen LogP contribution is -2.22. The predicted octanol–water partition coefficient (Wildman–Crippen LogP) is 0.0568. The standard InChI is InChI=1S/C12H17N3O3/c1-13-11(16)9-4-8(7-18-15-3)5-10(6-9)12(17)14-2/h4-6,15H,7H2,1-3H3,(H,13,16)(H,14,17). The molecular weight excluding hydrogens is 234 g/mol. The van der Waals surface area contributed by atoms with E-state index in [2.05, 4.69) is 16.1 Å². The van der Waals surface area contributed by atoms with Crippen LogP contribution in [-0.4, -0.2) is 33.0 Å². The van der Waals surface area contributed by atoms with Crippen molar-refractivity contribution in [2.75, 3.05) is 21.1 Å². The Hall–Kier alpha value is -1.92. The fraction of sp³-hybridized carbons (Fsp3) is 0.333. The van der Waals surface area contributed by atoms with Gasteiger partial charge in [-0.15, -0.1) is 0 Å². The predicted molar refractivity (Wildman–Crippen MR) is 67.1 cm³/mol. The van der Waals surface area contributed by atoms with Gasteiger partial charge in [0.2, 0.25) is 0 Å². The maximum atomic E-state index is 11.6. The van der Waals surface area contributed by atoms with Crippen LogP contribution in [0.15, 0.2) is 18.2 Å². The highest BCUT2D eigenvalue weighted by Gasteiger charge is 2.11. The molecular formula is C12H17N3O3. The van der Waals surface area contributed by atoms with E-state index >= 15 is 0 Å². The molecule has 0 heterocycles. The summed E-state index contributed by atoms with van der Waals surface area (Å²) in [5, 5.41) is 5.04. The molecule has 0 aromatic heterocycles. The molecule has 0 atom stereocenters. The van der Waals surface area contributed by atoms with E-state index in [0.29, 0.717) is 11.1 Å².